The smallest absolute Gasteiger partial charge is 0.314 e. The van der Waals surface area contributed by atoms with Crippen molar-refractivity contribution < 1.29 is 9.90 Å². The molecule has 0 bridgehead atoms. The van der Waals surface area contributed by atoms with Gasteiger partial charge in [-0.3, -0.25) is 0 Å². The summed E-state index contributed by atoms with van der Waals surface area (Å²) in [6, 6.07) is -0.116. The van der Waals surface area contributed by atoms with Crippen molar-refractivity contribution >= 4 is 6.03 Å². The van der Waals surface area contributed by atoms with E-state index < -0.39 is 0 Å². The lowest BCUT2D eigenvalue weighted by Gasteiger charge is -2.21. The van der Waals surface area contributed by atoms with Gasteiger partial charge in [-0.2, -0.15) is 0 Å². The van der Waals surface area contributed by atoms with Gasteiger partial charge < -0.3 is 15.7 Å². The van der Waals surface area contributed by atoms with E-state index in [2.05, 4.69) is 10.6 Å². The molecular weight excluding hydrogens is 180 g/mol. The minimum Gasteiger partial charge on any atom is -0.396 e. The molecule has 2 amide bonds. The molecule has 0 aliphatic rings. The van der Waals surface area contributed by atoms with Crippen LogP contribution < -0.4 is 10.6 Å². The average molecular weight is 202 g/mol. The average Bonchev–Trinajstić information content (AvgIpc) is 2.13. The Balaban J connectivity index is 3.42. The van der Waals surface area contributed by atoms with Crippen LogP contribution in [0.1, 0.15) is 33.6 Å². The number of aliphatic hydroxyl groups excluding tert-OH is 1. The number of carbonyl (C=O) groups is 1. The third-order valence-corrected chi connectivity index (χ3v) is 2.08. The van der Waals surface area contributed by atoms with Gasteiger partial charge >= 0.3 is 6.03 Å². The molecule has 0 aromatic heterocycles. The molecule has 0 radical (unpaired) electrons. The van der Waals surface area contributed by atoms with Gasteiger partial charge in [0, 0.05) is 19.7 Å². The zero-order valence-corrected chi connectivity index (χ0v) is 9.39. The van der Waals surface area contributed by atoms with E-state index in [0.717, 1.165) is 12.8 Å². The molecule has 0 aromatic rings. The fourth-order valence-electron chi connectivity index (χ4n) is 1.07. The maximum atomic E-state index is 11.0. The highest BCUT2D eigenvalue weighted by atomic mass is 16.3. The van der Waals surface area contributed by atoms with Gasteiger partial charge in [-0.05, 0) is 25.2 Å². The first-order valence-electron chi connectivity index (χ1n) is 5.14. The summed E-state index contributed by atoms with van der Waals surface area (Å²) in [5.74, 6) is 0. The number of rotatable bonds is 6. The van der Waals surface area contributed by atoms with E-state index in [1.54, 1.807) is 0 Å². The van der Waals surface area contributed by atoms with Crippen molar-refractivity contribution in [3.8, 4) is 0 Å². The standard InChI is InChI=1S/C10H22N2O2/c1-4-11-9(14)12-7-5-6-10(2,3)8-13/h13H,4-8H2,1-3H3,(H2,11,12,14). The molecule has 0 aliphatic heterocycles. The molecular formula is C10H22N2O2. The van der Waals surface area contributed by atoms with Crippen molar-refractivity contribution in [1.29, 1.82) is 0 Å². The Hall–Kier alpha value is -0.770. The SMILES string of the molecule is CCNC(=O)NCCCC(C)(C)CO. The molecule has 0 heterocycles. The second kappa shape index (κ2) is 6.65. The Bertz CT molecular complexity index is 170. The first-order chi connectivity index (χ1) is 6.52. The Kier molecular flexibility index (Phi) is 6.28. The maximum absolute atomic E-state index is 11.0. The van der Waals surface area contributed by atoms with Crippen molar-refractivity contribution in [2.45, 2.75) is 33.6 Å². The number of nitrogens with one attached hydrogen (secondary N) is 2. The molecule has 0 spiro atoms. The van der Waals surface area contributed by atoms with Crippen molar-refractivity contribution in [3.05, 3.63) is 0 Å². The second-order valence-electron chi connectivity index (χ2n) is 4.21. The molecule has 4 heteroatoms. The maximum Gasteiger partial charge on any atom is 0.314 e. The van der Waals surface area contributed by atoms with E-state index in [9.17, 15) is 4.79 Å². The summed E-state index contributed by atoms with van der Waals surface area (Å²) in [7, 11) is 0. The summed E-state index contributed by atoms with van der Waals surface area (Å²) in [6.45, 7) is 7.41. The Labute approximate surface area is 86.1 Å². The lowest BCUT2D eigenvalue weighted by Crippen LogP contribution is -2.36. The molecule has 0 aliphatic carbocycles. The first kappa shape index (κ1) is 13.2. The minimum absolute atomic E-state index is 0.0388. The quantitative estimate of drug-likeness (QED) is 0.565. The van der Waals surface area contributed by atoms with Crippen LogP contribution in [0.15, 0.2) is 0 Å². The van der Waals surface area contributed by atoms with Crippen molar-refractivity contribution in [2.24, 2.45) is 5.41 Å². The van der Waals surface area contributed by atoms with Crippen LogP contribution >= 0.6 is 0 Å². The number of hydrogen-bond acceptors (Lipinski definition) is 2. The lowest BCUT2D eigenvalue weighted by molar-refractivity contribution is 0.148. The summed E-state index contributed by atoms with van der Waals surface area (Å²) in [6.07, 6.45) is 1.81. The van der Waals surface area contributed by atoms with E-state index in [0.29, 0.717) is 13.1 Å². The highest BCUT2D eigenvalue weighted by Crippen LogP contribution is 2.20. The van der Waals surface area contributed by atoms with Gasteiger partial charge in [-0.15, -0.1) is 0 Å². The normalized spacial score (nSPS) is 11.1. The van der Waals surface area contributed by atoms with E-state index in [4.69, 9.17) is 5.11 Å². The topological polar surface area (TPSA) is 61.4 Å². The van der Waals surface area contributed by atoms with Gasteiger partial charge in [-0.1, -0.05) is 13.8 Å². The van der Waals surface area contributed by atoms with Crippen LogP contribution in [-0.2, 0) is 0 Å². The molecule has 0 aromatic carbocycles. The van der Waals surface area contributed by atoms with Gasteiger partial charge in [0.1, 0.15) is 0 Å². The predicted octanol–water partition coefficient (Wildman–Crippen LogP) is 1.10. The summed E-state index contributed by atoms with van der Waals surface area (Å²) in [5.41, 5.74) is -0.0388. The summed E-state index contributed by atoms with van der Waals surface area (Å²) in [5, 5.41) is 14.4. The molecule has 4 nitrogen and oxygen atoms in total. The number of carbonyl (C=O) groups excluding carboxylic acids is 1. The molecule has 0 saturated carbocycles. The van der Waals surface area contributed by atoms with E-state index in [1.165, 1.54) is 0 Å². The summed E-state index contributed by atoms with van der Waals surface area (Å²) in [4.78, 5) is 11.0. The highest BCUT2D eigenvalue weighted by molar-refractivity contribution is 5.73. The number of amides is 2. The third kappa shape index (κ3) is 6.71. The Morgan fingerprint density at radius 1 is 1.36 bits per heavy atom. The van der Waals surface area contributed by atoms with E-state index >= 15 is 0 Å². The lowest BCUT2D eigenvalue weighted by atomic mass is 9.89. The molecule has 0 fully saturated rings. The summed E-state index contributed by atoms with van der Waals surface area (Å²) < 4.78 is 0. The van der Waals surface area contributed by atoms with Crippen molar-refractivity contribution in [2.75, 3.05) is 19.7 Å². The predicted molar refractivity (Wildman–Crippen MR) is 57.2 cm³/mol. The van der Waals surface area contributed by atoms with Crippen LogP contribution in [0.3, 0.4) is 0 Å². The van der Waals surface area contributed by atoms with Crippen LogP contribution in [0.4, 0.5) is 4.79 Å². The monoisotopic (exact) mass is 202 g/mol. The van der Waals surface area contributed by atoms with Gasteiger partial charge in [-0.25, -0.2) is 4.79 Å². The zero-order valence-electron chi connectivity index (χ0n) is 9.39. The third-order valence-electron chi connectivity index (χ3n) is 2.08. The minimum atomic E-state index is -0.116. The Morgan fingerprint density at radius 3 is 2.50 bits per heavy atom. The van der Waals surface area contributed by atoms with Crippen LogP contribution in [0, 0.1) is 5.41 Å². The number of aliphatic hydroxyl groups is 1. The fraction of sp³-hybridized carbons (Fsp3) is 0.900. The van der Waals surface area contributed by atoms with Crippen LogP contribution in [0.2, 0.25) is 0 Å². The largest absolute Gasteiger partial charge is 0.396 e. The van der Waals surface area contributed by atoms with Gasteiger partial charge in [0.25, 0.3) is 0 Å². The highest BCUT2D eigenvalue weighted by Gasteiger charge is 2.15. The van der Waals surface area contributed by atoms with Gasteiger partial charge in [0.2, 0.25) is 0 Å². The molecule has 0 atom stereocenters. The zero-order chi connectivity index (χ0) is 11.0. The fourth-order valence-corrected chi connectivity index (χ4v) is 1.07. The first-order valence-corrected chi connectivity index (χ1v) is 5.14. The number of urea groups is 1. The Morgan fingerprint density at radius 2 is 2.00 bits per heavy atom. The number of hydrogen-bond donors (Lipinski definition) is 3. The summed E-state index contributed by atoms with van der Waals surface area (Å²) >= 11 is 0. The van der Waals surface area contributed by atoms with Gasteiger partial charge in [0.05, 0.1) is 0 Å². The molecule has 3 N–H and O–H groups in total. The van der Waals surface area contributed by atoms with Crippen molar-refractivity contribution in [3.63, 3.8) is 0 Å². The van der Waals surface area contributed by atoms with Gasteiger partial charge in [0.15, 0.2) is 0 Å². The van der Waals surface area contributed by atoms with Crippen LogP contribution in [-0.4, -0.2) is 30.8 Å². The van der Waals surface area contributed by atoms with E-state index in [-0.39, 0.29) is 18.1 Å². The second-order valence-corrected chi connectivity index (χ2v) is 4.21. The molecule has 14 heavy (non-hydrogen) atoms. The van der Waals surface area contributed by atoms with Crippen molar-refractivity contribution in [1.82, 2.24) is 10.6 Å². The van der Waals surface area contributed by atoms with Crippen LogP contribution in [0.5, 0.6) is 0 Å². The molecule has 84 valence electrons. The van der Waals surface area contributed by atoms with Crippen LogP contribution in [0.25, 0.3) is 0 Å². The van der Waals surface area contributed by atoms with E-state index in [1.807, 2.05) is 20.8 Å². The molecule has 0 unspecified atom stereocenters. The molecule has 0 rings (SSSR count). The molecule has 0 saturated heterocycles.